The summed E-state index contributed by atoms with van der Waals surface area (Å²) in [5.74, 6) is -0.778. The Balaban J connectivity index is 1.82. The normalized spacial score (nSPS) is 11.6. The van der Waals surface area contributed by atoms with E-state index in [1.54, 1.807) is 25.1 Å². The first kappa shape index (κ1) is 21.3. The van der Waals surface area contributed by atoms with Gasteiger partial charge in [0.15, 0.2) is 17.3 Å². The van der Waals surface area contributed by atoms with Gasteiger partial charge >= 0.3 is 0 Å². The van der Waals surface area contributed by atoms with E-state index in [9.17, 15) is 18.4 Å². The van der Waals surface area contributed by atoms with Crippen molar-refractivity contribution >= 4 is 11.7 Å². The molecule has 0 aliphatic heterocycles. The number of hydrogen-bond acceptors (Lipinski definition) is 4. The second-order valence-corrected chi connectivity index (χ2v) is 6.33. The first-order chi connectivity index (χ1) is 13.3. The predicted octanol–water partition coefficient (Wildman–Crippen LogP) is 4.21. The lowest BCUT2D eigenvalue weighted by molar-refractivity contribution is -0.122. The Bertz CT molecular complexity index is 854. The topological polar surface area (TPSA) is 64.6 Å². The Hall–Kier alpha value is -2.96. The van der Waals surface area contributed by atoms with Crippen LogP contribution in [0, 0.1) is 11.6 Å². The smallest absolute Gasteiger partial charge is 0.220 e. The monoisotopic (exact) mass is 391 g/mol. The van der Waals surface area contributed by atoms with Gasteiger partial charge in [-0.05, 0) is 44.5 Å². The molecule has 0 aromatic heterocycles. The molecular weight excluding hydrogens is 368 g/mol. The van der Waals surface area contributed by atoms with Crippen molar-refractivity contribution in [1.29, 1.82) is 0 Å². The van der Waals surface area contributed by atoms with Crippen molar-refractivity contribution in [2.75, 3.05) is 13.7 Å². The third kappa shape index (κ3) is 5.77. The highest BCUT2D eigenvalue weighted by Gasteiger charge is 2.14. The number of carbonyl (C=O) groups is 2. The van der Waals surface area contributed by atoms with Crippen LogP contribution < -0.4 is 14.8 Å². The molecule has 7 heteroatoms. The molecule has 2 aromatic rings. The first-order valence-corrected chi connectivity index (χ1v) is 8.88. The second-order valence-electron chi connectivity index (χ2n) is 6.33. The van der Waals surface area contributed by atoms with Crippen molar-refractivity contribution < 1.29 is 27.8 Å². The highest BCUT2D eigenvalue weighted by molar-refractivity contribution is 5.94. The van der Waals surface area contributed by atoms with Crippen LogP contribution in [0.15, 0.2) is 36.4 Å². The maximum atomic E-state index is 13.8. The Labute approximate surface area is 162 Å². The standard InChI is InChI=1S/C21H23F2NO4/c1-13(17-8-7-16(22)12-18(17)23)24-21(26)5-4-10-28-19-9-6-15(14(2)25)11-20(19)27-3/h6-9,11-13H,4-5,10H2,1-3H3,(H,24,26)/t13-/m0/s1. The van der Waals surface area contributed by atoms with Crippen molar-refractivity contribution in [1.82, 2.24) is 5.32 Å². The van der Waals surface area contributed by atoms with E-state index in [4.69, 9.17) is 9.47 Å². The number of hydrogen-bond donors (Lipinski definition) is 1. The zero-order valence-electron chi connectivity index (χ0n) is 16.1. The number of ether oxygens (including phenoxy) is 2. The van der Waals surface area contributed by atoms with Gasteiger partial charge in [-0.25, -0.2) is 8.78 Å². The van der Waals surface area contributed by atoms with E-state index in [0.29, 0.717) is 23.5 Å². The molecule has 0 fully saturated rings. The van der Waals surface area contributed by atoms with Crippen LogP contribution in [0.5, 0.6) is 11.5 Å². The molecule has 0 spiro atoms. The maximum absolute atomic E-state index is 13.8. The van der Waals surface area contributed by atoms with Crippen molar-refractivity contribution in [3.05, 3.63) is 59.2 Å². The minimum atomic E-state index is -0.697. The molecule has 2 rings (SSSR count). The molecule has 5 nitrogen and oxygen atoms in total. The van der Waals surface area contributed by atoms with Gasteiger partial charge in [0.05, 0.1) is 19.8 Å². The summed E-state index contributed by atoms with van der Waals surface area (Å²) in [6.07, 6.45) is 0.614. The molecule has 150 valence electrons. The van der Waals surface area contributed by atoms with E-state index >= 15 is 0 Å². The van der Waals surface area contributed by atoms with Crippen LogP contribution >= 0.6 is 0 Å². The molecule has 0 unspecified atom stereocenters. The number of amides is 1. The quantitative estimate of drug-likeness (QED) is 0.514. The summed E-state index contributed by atoms with van der Waals surface area (Å²) >= 11 is 0. The van der Waals surface area contributed by atoms with Gasteiger partial charge in [0.2, 0.25) is 5.91 Å². The molecule has 0 radical (unpaired) electrons. The fraction of sp³-hybridized carbons (Fsp3) is 0.333. The second kappa shape index (κ2) is 9.82. The summed E-state index contributed by atoms with van der Waals surface area (Å²) in [7, 11) is 1.48. The highest BCUT2D eigenvalue weighted by Crippen LogP contribution is 2.28. The number of carbonyl (C=O) groups excluding carboxylic acids is 2. The molecule has 2 aromatic carbocycles. The van der Waals surface area contributed by atoms with Crippen LogP contribution in [0.4, 0.5) is 8.78 Å². The van der Waals surface area contributed by atoms with Gasteiger partial charge in [0, 0.05) is 23.6 Å². The third-order valence-electron chi connectivity index (χ3n) is 4.18. The van der Waals surface area contributed by atoms with Crippen LogP contribution in [0.2, 0.25) is 0 Å². The summed E-state index contributed by atoms with van der Waals surface area (Å²) in [6, 6.07) is 7.57. The highest BCUT2D eigenvalue weighted by atomic mass is 19.1. The van der Waals surface area contributed by atoms with E-state index in [2.05, 4.69) is 5.32 Å². The molecule has 28 heavy (non-hydrogen) atoms. The van der Waals surface area contributed by atoms with E-state index in [-0.39, 0.29) is 30.3 Å². The zero-order chi connectivity index (χ0) is 20.7. The molecule has 0 aliphatic carbocycles. The maximum Gasteiger partial charge on any atom is 0.220 e. The SMILES string of the molecule is COc1cc(C(C)=O)ccc1OCCCC(=O)N[C@@H](C)c1ccc(F)cc1F. The lowest BCUT2D eigenvalue weighted by atomic mass is 10.1. The minimum absolute atomic E-state index is 0.0757. The summed E-state index contributed by atoms with van der Waals surface area (Å²) < 4.78 is 37.6. The number of halogens is 2. The molecule has 0 aliphatic rings. The summed E-state index contributed by atoms with van der Waals surface area (Å²) in [4.78, 5) is 23.4. The van der Waals surface area contributed by atoms with Gasteiger partial charge in [-0.3, -0.25) is 9.59 Å². The zero-order valence-corrected chi connectivity index (χ0v) is 16.1. The molecule has 1 atom stereocenters. The van der Waals surface area contributed by atoms with Gasteiger partial charge in [0.25, 0.3) is 0 Å². The van der Waals surface area contributed by atoms with Crippen molar-refractivity contribution in [2.45, 2.75) is 32.7 Å². The number of ketones is 1. The fourth-order valence-corrected chi connectivity index (χ4v) is 2.66. The predicted molar refractivity (Wildman–Crippen MR) is 101 cm³/mol. The van der Waals surface area contributed by atoms with E-state index in [1.807, 2.05) is 0 Å². The summed E-state index contributed by atoms with van der Waals surface area (Å²) in [6.45, 7) is 3.36. The van der Waals surface area contributed by atoms with E-state index in [0.717, 1.165) is 12.1 Å². The Morgan fingerprint density at radius 1 is 1.11 bits per heavy atom. The number of Topliss-reactive ketones (excluding diaryl/α,β-unsaturated/α-hetero) is 1. The molecule has 1 N–H and O–H groups in total. The van der Waals surface area contributed by atoms with Gasteiger partial charge in [-0.15, -0.1) is 0 Å². The molecule has 1 amide bonds. The molecule has 0 saturated carbocycles. The molecule has 0 bridgehead atoms. The lowest BCUT2D eigenvalue weighted by Crippen LogP contribution is -2.27. The van der Waals surface area contributed by atoms with Crippen LogP contribution in [-0.4, -0.2) is 25.4 Å². The van der Waals surface area contributed by atoms with Gasteiger partial charge in [0.1, 0.15) is 11.6 Å². The average molecular weight is 391 g/mol. The molecule has 0 saturated heterocycles. The van der Waals surface area contributed by atoms with Crippen molar-refractivity contribution in [2.24, 2.45) is 0 Å². The molecular formula is C21H23F2NO4. The first-order valence-electron chi connectivity index (χ1n) is 8.88. The average Bonchev–Trinajstić information content (AvgIpc) is 2.64. The van der Waals surface area contributed by atoms with Crippen LogP contribution in [0.3, 0.4) is 0 Å². The van der Waals surface area contributed by atoms with Crippen molar-refractivity contribution in [3.8, 4) is 11.5 Å². The third-order valence-corrected chi connectivity index (χ3v) is 4.18. The largest absolute Gasteiger partial charge is 0.493 e. The van der Waals surface area contributed by atoms with Crippen LogP contribution in [0.25, 0.3) is 0 Å². The van der Waals surface area contributed by atoms with Crippen LogP contribution in [0.1, 0.15) is 48.7 Å². The van der Waals surface area contributed by atoms with Gasteiger partial charge < -0.3 is 14.8 Å². The van der Waals surface area contributed by atoms with E-state index in [1.165, 1.54) is 20.1 Å². The molecule has 0 heterocycles. The number of rotatable bonds is 9. The Morgan fingerprint density at radius 2 is 1.86 bits per heavy atom. The fourth-order valence-electron chi connectivity index (χ4n) is 2.66. The number of nitrogens with one attached hydrogen (secondary N) is 1. The Morgan fingerprint density at radius 3 is 2.50 bits per heavy atom. The summed E-state index contributed by atoms with van der Waals surface area (Å²) in [5.41, 5.74) is 0.742. The minimum Gasteiger partial charge on any atom is -0.493 e. The lowest BCUT2D eigenvalue weighted by Gasteiger charge is -2.15. The number of benzene rings is 2. The van der Waals surface area contributed by atoms with E-state index < -0.39 is 17.7 Å². The summed E-state index contributed by atoms with van der Waals surface area (Å²) in [5, 5.41) is 2.68. The van der Waals surface area contributed by atoms with Crippen LogP contribution in [-0.2, 0) is 4.79 Å². The number of methoxy groups -OCH3 is 1. The van der Waals surface area contributed by atoms with Gasteiger partial charge in [-0.1, -0.05) is 6.07 Å². The van der Waals surface area contributed by atoms with Gasteiger partial charge in [-0.2, -0.15) is 0 Å². The Kier molecular flexibility index (Phi) is 7.49. The van der Waals surface area contributed by atoms with Crippen molar-refractivity contribution in [3.63, 3.8) is 0 Å².